The highest BCUT2D eigenvalue weighted by Gasteiger charge is 2.17. The number of anilines is 1. The highest BCUT2D eigenvalue weighted by molar-refractivity contribution is 5.70. The van der Waals surface area contributed by atoms with Crippen LogP contribution < -0.4 is 5.73 Å². The Balaban J connectivity index is 2.54. The van der Waals surface area contributed by atoms with Crippen molar-refractivity contribution in [3.8, 4) is 0 Å². The summed E-state index contributed by atoms with van der Waals surface area (Å²) in [6, 6.07) is 1.63. The third-order valence-electron chi connectivity index (χ3n) is 1.45. The van der Waals surface area contributed by atoms with Gasteiger partial charge >= 0.3 is 5.97 Å². The first kappa shape index (κ1) is 10.6. The van der Waals surface area contributed by atoms with Gasteiger partial charge in [0.2, 0.25) is 0 Å². The molecule has 0 spiro atoms. The van der Waals surface area contributed by atoms with Crippen molar-refractivity contribution >= 4 is 11.8 Å². The van der Waals surface area contributed by atoms with Crippen LogP contribution in [0.1, 0.15) is 20.8 Å². The molecular weight excluding hydrogens is 182 g/mol. The third-order valence-corrected chi connectivity index (χ3v) is 1.45. The Bertz CT molecular complexity index is 325. The van der Waals surface area contributed by atoms with Crippen LogP contribution in [0.2, 0.25) is 0 Å². The fraction of sp³-hybridized carbons (Fsp3) is 0.556. The summed E-state index contributed by atoms with van der Waals surface area (Å²) in [5.74, 6) is 0.115. The molecule has 0 bridgehead atoms. The summed E-state index contributed by atoms with van der Waals surface area (Å²) in [4.78, 5) is 11.3. The summed E-state index contributed by atoms with van der Waals surface area (Å²) >= 11 is 0. The molecule has 1 aromatic heterocycles. The van der Waals surface area contributed by atoms with Crippen LogP contribution in [-0.2, 0) is 16.1 Å². The van der Waals surface area contributed by atoms with Gasteiger partial charge in [0.1, 0.15) is 18.0 Å². The van der Waals surface area contributed by atoms with Crippen molar-refractivity contribution in [3.05, 3.63) is 12.3 Å². The van der Waals surface area contributed by atoms with Gasteiger partial charge in [-0.05, 0) is 26.8 Å². The lowest BCUT2D eigenvalue weighted by Crippen LogP contribution is -2.27. The van der Waals surface area contributed by atoms with Crippen molar-refractivity contribution in [2.24, 2.45) is 0 Å². The van der Waals surface area contributed by atoms with E-state index in [2.05, 4.69) is 5.10 Å². The lowest BCUT2D eigenvalue weighted by Gasteiger charge is -2.19. The second-order valence-corrected chi connectivity index (χ2v) is 4.00. The lowest BCUT2D eigenvalue weighted by atomic mass is 10.2. The second kappa shape index (κ2) is 3.69. The smallest absolute Gasteiger partial charge is 0.328 e. The molecule has 5 heteroatoms. The number of carbonyl (C=O) groups excluding carboxylic acids is 1. The number of rotatable bonds is 2. The lowest BCUT2D eigenvalue weighted by molar-refractivity contribution is -0.155. The molecule has 0 aromatic carbocycles. The number of nitrogens with two attached hydrogens (primary N) is 1. The predicted octanol–water partition coefficient (Wildman–Crippen LogP) is 0.807. The molecule has 0 aliphatic heterocycles. The average molecular weight is 197 g/mol. The van der Waals surface area contributed by atoms with Gasteiger partial charge in [-0.3, -0.25) is 4.79 Å². The monoisotopic (exact) mass is 197 g/mol. The number of nitrogen functional groups attached to an aromatic ring is 1. The fourth-order valence-electron chi connectivity index (χ4n) is 0.971. The molecule has 0 aliphatic carbocycles. The molecule has 14 heavy (non-hydrogen) atoms. The molecule has 0 fully saturated rings. The van der Waals surface area contributed by atoms with E-state index in [1.807, 2.05) is 20.8 Å². The topological polar surface area (TPSA) is 70.1 Å². The molecule has 5 nitrogen and oxygen atoms in total. The molecule has 0 aliphatic rings. The van der Waals surface area contributed by atoms with E-state index < -0.39 is 5.60 Å². The predicted molar refractivity (Wildman–Crippen MR) is 52.5 cm³/mol. The molecule has 1 rings (SSSR count). The average Bonchev–Trinajstić information content (AvgIpc) is 2.32. The number of ether oxygens (including phenoxy) is 1. The standard InChI is InChI=1S/C9H15N3O2/c1-9(2,3)14-8(13)6-12-7(10)4-5-11-12/h4-5H,6,10H2,1-3H3. The van der Waals surface area contributed by atoms with Gasteiger partial charge in [-0.1, -0.05) is 0 Å². The zero-order valence-corrected chi connectivity index (χ0v) is 8.65. The SMILES string of the molecule is CC(C)(C)OC(=O)Cn1nccc1N. The molecule has 0 amide bonds. The Morgan fingerprint density at radius 1 is 1.64 bits per heavy atom. The highest BCUT2D eigenvalue weighted by atomic mass is 16.6. The zero-order valence-electron chi connectivity index (χ0n) is 8.65. The maximum atomic E-state index is 11.3. The number of aromatic nitrogens is 2. The summed E-state index contributed by atoms with van der Waals surface area (Å²) in [5.41, 5.74) is 5.07. The van der Waals surface area contributed by atoms with Crippen LogP contribution in [-0.4, -0.2) is 21.4 Å². The maximum Gasteiger partial charge on any atom is 0.328 e. The molecule has 2 N–H and O–H groups in total. The van der Waals surface area contributed by atoms with E-state index in [4.69, 9.17) is 10.5 Å². The largest absolute Gasteiger partial charge is 0.459 e. The minimum Gasteiger partial charge on any atom is -0.459 e. The number of nitrogens with zero attached hydrogens (tertiary/aromatic N) is 2. The van der Waals surface area contributed by atoms with Crippen LogP contribution in [0.3, 0.4) is 0 Å². The molecule has 1 aromatic rings. The van der Waals surface area contributed by atoms with Crippen LogP contribution in [0.25, 0.3) is 0 Å². The zero-order chi connectivity index (χ0) is 10.8. The van der Waals surface area contributed by atoms with Crippen molar-refractivity contribution in [3.63, 3.8) is 0 Å². The van der Waals surface area contributed by atoms with E-state index in [1.54, 1.807) is 12.3 Å². The third kappa shape index (κ3) is 3.08. The van der Waals surface area contributed by atoms with Gasteiger partial charge in [0.15, 0.2) is 0 Å². The van der Waals surface area contributed by atoms with Crippen LogP contribution in [0.4, 0.5) is 5.82 Å². The van der Waals surface area contributed by atoms with Crippen molar-refractivity contribution < 1.29 is 9.53 Å². The Kier molecular flexibility index (Phi) is 2.78. The van der Waals surface area contributed by atoms with Crippen LogP contribution in [0, 0.1) is 0 Å². The van der Waals surface area contributed by atoms with Gasteiger partial charge in [-0.15, -0.1) is 0 Å². The number of esters is 1. The van der Waals surface area contributed by atoms with Crippen LogP contribution in [0.15, 0.2) is 12.3 Å². The molecule has 0 saturated heterocycles. The molecule has 0 unspecified atom stereocenters. The minimum atomic E-state index is -0.473. The number of hydrogen-bond acceptors (Lipinski definition) is 4. The van der Waals surface area contributed by atoms with E-state index >= 15 is 0 Å². The minimum absolute atomic E-state index is 0.0517. The maximum absolute atomic E-state index is 11.3. The van der Waals surface area contributed by atoms with Crippen molar-refractivity contribution in [2.75, 3.05) is 5.73 Å². The summed E-state index contributed by atoms with van der Waals surface area (Å²) < 4.78 is 6.51. The quantitative estimate of drug-likeness (QED) is 0.712. The molecular formula is C9H15N3O2. The van der Waals surface area contributed by atoms with Gasteiger partial charge < -0.3 is 10.5 Å². The second-order valence-electron chi connectivity index (χ2n) is 4.00. The summed E-state index contributed by atoms with van der Waals surface area (Å²) in [6.45, 7) is 5.50. The van der Waals surface area contributed by atoms with Crippen molar-refractivity contribution in [1.29, 1.82) is 0 Å². The first-order chi connectivity index (χ1) is 6.38. The van der Waals surface area contributed by atoms with E-state index in [-0.39, 0.29) is 12.5 Å². The van der Waals surface area contributed by atoms with Crippen molar-refractivity contribution in [2.45, 2.75) is 32.9 Å². The fourth-order valence-corrected chi connectivity index (χ4v) is 0.971. The van der Waals surface area contributed by atoms with Crippen LogP contribution >= 0.6 is 0 Å². The van der Waals surface area contributed by atoms with E-state index in [1.165, 1.54) is 4.68 Å². The normalized spacial score (nSPS) is 11.4. The van der Waals surface area contributed by atoms with E-state index in [0.717, 1.165) is 0 Å². The highest BCUT2D eigenvalue weighted by Crippen LogP contribution is 2.08. The van der Waals surface area contributed by atoms with Gasteiger partial charge in [-0.25, -0.2) is 4.68 Å². The molecule has 0 radical (unpaired) electrons. The Morgan fingerprint density at radius 3 is 2.71 bits per heavy atom. The van der Waals surface area contributed by atoms with Crippen molar-refractivity contribution in [1.82, 2.24) is 9.78 Å². The number of hydrogen-bond donors (Lipinski definition) is 1. The first-order valence-electron chi connectivity index (χ1n) is 4.37. The Morgan fingerprint density at radius 2 is 2.29 bits per heavy atom. The Labute approximate surface area is 82.8 Å². The molecule has 0 atom stereocenters. The number of carbonyl (C=O) groups is 1. The van der Waals surface area contributed by atoms with Gasteiger partial charge in [-0.2, -0.15) is 5.10 Å². The van der Waals surface area contributed by atoms with E-state index in [9.17, 15) is 4.79 Å². The van der Waals surface area contributed by atoms with Gasteiger partial charge in [0, 0.05) is 0 Å². The Hall–Kier alpha value is -1.52. The summed E-state index contributed by atoms with van der Waals surface area (Å²) in [5, 5.41) is 3.88. The van der Waals surface area contributed by atoms with E-state index in [0.29, 0.717) is 5.82 Å². The van der Waals surface area contributed by atoms with Gasteiger partial charge in [0.05, 0.1) is 6.20 Å². The molecule has 0 saturated carbocycles. The van der Waals surface area contributed by atoms with Crippen LogP contribution in [0.5, 0.6) is 0 Å². The molecule has 1 heterocycles. The summed E-state index contributed by atoms with van der Waals surface area (Å²) in [6.07, 6.45) is 1.54. The molecule has 78 valence electrons. The van der Waals surface area contributed by atoms with Gasteiger partial charge in [0.25, 0.3) is 0 Å². The first-order valence-corrected chi connectivity index (χ1v) is 4.37. The summed E-state index contributed by atoms with van der Waals surface area (Å²) in [7, 11) is 0.